The summed E-state index contributed by atoms with van der Waals surface area (Å²) >= 11 is 0. The molecule has 3 aliphatic rings. The van der Waals surface area contributed by atoms with Gasteiger partial charge in [0, 0.05) is 17.9 Å². The normalized spacial score (nSPS) is 27.2. The zero-order valence-electron chi connectivity index (χ0n) is 20.2. The first-order chi connectivity index (χ1) is 17.8. The van der Waals surface area contributed by atoms with E-state index in [-0.39, 0.29) is 25.1 Å². The molecule has 4 N–H and O–H groups in total. The molecule has 37 heavy (non-hydrogen) atoms. The van der Waals surface area contributed by atoms with Crippen LogP contribution in [0.1, 0.15) is 31.2 Å². The number of carbonyl (C=O) groups excluding carboxylic acids is 5. The van der Waals surface area contributed by atoms with Crippen LogP contribution in [0.4, 0.5) is 0 Å². The Morgan fingerprint density at radius 1 is 0.973 bits per heavy atom. The van der Waals surface area contributed by atoms with E-state index in [1.54, 1.807) is 16.9 Å². The molecule has 3 atom stereocenters. The van der Waals surface area contributed by atoms with Crippen molar-refractivity contribution >= 4 is 51.2 Å². The number of esters is 1. The molecule has 10 nitrogen and oxygen atoms in total. The van der Waals surface area contributed by atoms with E-state index in [0.29, 0.717) is 19.3 Å². The van der Waals surface area contributed by atoms with Gasteiger partial charge in [-0.05, 0) is 30.9 Å². The Morgan fingerprint density at radius 2 is 1.76 bits per heavy atom. The van der Waals surface area contributed by atoms with Gasteiger partial charge in [0.2, 0.25) is 23.6 Å². The van der Waals surface area contributed by atoms with Crippen molar-refractivity contribution in [2.24, 2.45) is 0 Å². The predicted octanol–water partition coefficient (Wildman–Crippen LogP) is 0.621. The van der Waals surface area contributed by atoms with Crippen LogP contribution in [0.25, 0.3) is 0 Å². The molecule has 2 fully saturated rings. The van der Waals surface area contributed by atoms with Gasteiger partial charge < -0.3 is 26.0 Å². The van der Waals surface area contributed by atoms with E-state index in [9.17, 15) is 24.0 Å². The Hall–Kier alpha value is -2.99. The van der Waals surface area contributed by atoms with Crippen molar-refractivity contribution in [3.05, 3.63) is 48.0 Å². The second-order valence-corrected chi connectivity index (χ2v) is 11.8. The van der Waals surface area contributed by atoms with Gasteiger partial charge in [-0.15, -0.1) is 0 Å². The molecule has 0 aromatic heterocycles. The minimum Gasteiger partial charge on any atom is -0.456 e. The van der Waals surface area contributed by atoms with Crippen LogP contribution in [0.15, 0.2) is 42.5 Å². The summed E-state index contributed by atoms with van der Waals surface area (Å²) in [6.45, 7) is -0.384. The lowest BCUT2D eigenvalue weighted by molar-refractivity contribution is -0.148. The number of fused-ring (bicyclic) bond motifs is 7. The van der Waals surface area contributed by atoms with E-state index in [1.165, 1.54) is 10.8 Å². The van der Waals surface area contributed by atoms with Gasteiger partial charge in [0.15, 0.2) is 0 Å². The number of amides is 4. The van der Waals surface area contributed by atoms with Crippen LogP contribution >= 0.6 is 21.6 Å². The molecule has 1 saturated carbocycles. The lowest BCUT2D eigenvalue weighted by atomic mass is 10.0. The van der Waals surface area contributed by atoms with Crippen molar-refractivity contribution < 1.29 is 28.7 Å². The van der Waals surface area contributed by atoms with Crippen LogP contribution in [0, 0.1) is 0 Å². The molecular weight excluding hydrogens is 516 g/mol. The van der Waals surface area contributed by atoms with E-state index in [0.717, 1.165) is 11.3 Å². The molecule has 0 unspecified atom stereocenters. The van der Waals surface area contributed by atoms with E-state index in [4.69, 9.17) is 4.74 Å². The maximum absolute atomic E-state index is 13.4. The average Bonchev–Trinajstić information content (AvgIpc) is 3.65. The van der Waals surface area contributed by atoms with Gasteiger partial charge in [0.25, 0.3) is 0 Å². The summed E-state index contributed by atoms with van der Waals surface area (Å²) in [4.78, 5) is 64.9. The highest BCUT2D eigenvalue weighted by atomic mass is 33.1. The van der Waals surface area contributed by atoms with Gasteiger partial charge in [0.1, 0.15) is 30.3 Å². The summed E-state index contributed by atoms with van der Waals surface area (Å²) in [6.07, 6.45) is 4.18. The standard InChI is InChI=1S/C25H30N4O6S2/c30-20-13-17-8-4-5-11-36-37-15-19(28-22(32)18(27-20)12-16-6-2-1-3-7-16)23(33)29-25(9-10-25)24(34)26-14-21(31)35-17/h1-4,6-8,17-19H,5,9-15H2,(H,26,34)(H,27,30)(H,28,32)(H,29,33)/t17-,18-,19-/m1/s1. The molecule has 12 heteroatoms. The van der Waals surface area contributed by atoms with Crippen LogP contribution in [-0.4, -0.2) is 71.4 Å². The Morgan fingerprint density at radius 3 is 2.51 bits per heavy atom. The van der Waals surface area contributed by atoms with Crippen LogP contribution in [-0.2, 0) is 35.1 Å². The van der Waals surface area contributed by atoms with Gasteiger partial charge >= 0.3 is 5.97 Å². The van der Waals surface area contributed by atoms with Crippen molar-refractivity contribution in [1.29, 1.82) is 0 Å². The Labute approximate surface area is 222 Å². The Bertz CT molecular complexity index is 1060. The molecule has 1 aromatic carbocycles. The van der Waals surface area contributed by atoms with Crippen LogP contribution in [0.5, 0.6) is 0 Å². The van der Waals surface area contributed by atoms with E-state index in [2.05, 4.69) is 21.3 Å². The first-order valence-corrected chi connectivity index (χ1v) is 14.7. The third kappa shape index (κ3) is 7.75. The molecule has 1 spiro atoms. The molecular formula is C25H30N4O6S2. The van der Waals surface area contributed by atoms with E-state index < -0.39 is 53.3 Å². The van der Waals surface area contributed by atoms with Gasteiger partial charge in [0.05, 0.1) is 6.42 Å². The molecule has 198 valence electrons. The van der Waals surface area contributed by atoms with E-state index >= 15 is 0 Å². The average molecular weight is 547 g/mol. The molecule has 0 radical (unpaired) electrons. The summed E-state index contributed by atoms with van der Waals surface area (Å²) in [5, 5.41) is 10.9. The molecule has 1 aliphatic carbocycles. The second kappa shape index (κ2) is 12.5. The number of ether oxygens (including phenoxy) is 1. The highest BCUT2D eigenvalue weighted by Gasteiger charge is 2.52. The van der Waals surface area contributed by atoms with Gasteiger partial charge in [-0.3, -0.25) is 24.0 Å². The zero-order chi connectivity index (χ0) is 26.3. The summed E-state index contributed by atoms with van der Waals surface area (Å²) < 4.78 is 5.47. The topological polar surface area (TPSA) is 143 Å². The van der Waals surface area contributed by atoms with Crippen molar-refractivity contribution in [2.45, 2.75) is 55.8 Å². The fourth-order valence-corrected chi connectivity index (χ4v) is 6.18. The van der Waals surface area contributed by atoms with Gasteiger partial charge in [-0.25, -0.2) is 0 Å². The van der Waals surface area contributed by atoms with Crippen LogP contribution < -0.4 is 21.3 Å². The maximum Gasteiger partial charge on any atom is 0.326 e. The number of rotatable bonds is 2. The first kappa shape index (κ1) is 27.1. The maximum atomic E-state index is 13.4. The molecule has 2 heterocycles. The molecule has 2 aliphatic heterocycles. The van der Waals surface area contributed by atoms with Crippen LogP contribution in [0.2, 0.25) is 0 Å². The minimum atomic E-state index is -1.11. The Kier molecular flexibility index (Phi) is 9.14. The second-order valence-electron chi connectivity index (χ2n) is 9.18. The summed E-state index contributed by atoms with van der Waals surface area (Å²) in [7, 11) is 2.99. The molecule has 4 amide bonds. The van der Waals surface area contributed by atoms with Gasteiger partial charge in [-0.1, -0.05) is 58.0 Å². The molecule has 4 rings (SSSR count). The lowest BCUT2D eigenvalue weighted by Crippen LogP contribution is -2.59. The third-order valence-electron chi connectivity index (χ3n) is 6.21. The summed E-state index contributed by atoms with van der Waals surface area (Å²) in [6, 6.07) is 7.35. The first-order valence-electron chi connectivity index (χ1n) is 12.2. The van der Waals surface area contributed by atoms with E-state index in [1.807, 2.05) is 36.4 Å². The number of allylic oxidation sites excluding steroid dienone is 1. The molecule has 1 saturated heterocycles. The molecule has 1 aromatic rings. The monoisotopic (exact) mass is 546 g/mol. The van der Waals surface area contributed by atoms with Crippen molar-refractivity contribution in [2.75, 3.05) is 18.1 Å². The minimum absolute atomic E-state index is 0.190. The number of nitrogens with one attached hydrogen (secondary N) is 4. The highest BCUT2D eigenvalue weighted by Crippen LogP contribution is 2.36. The number of benzene rings is 1. The quantitative estimate of drug-likeness (QED) is 0.240. The van der Waals surface area contributed by atoms with Crippen LogP contribution in [0.3, 0.4) is 0 Å². The largest absolute Gasteiger partial charge is 0.456 e. The fourth-order valence-electron chi connectivity index (χ4n) is 4.03. The fraction of sp³-hybridized carbons (Fsp3) is 0.480. The van der Waals surface area contributed by atoms with Gasteiger partial charge in [-0.2, -0.15) is 0 Å². The highest BCUT2D eigenvalue weighted by molar-refractivity contribution is 8.76. The zero-order valence-corrected chi connectivity index (χ0v) is 21.8. The SMILES string of the molecule is O=C1C[C@H]2C=CCCSSC[C@@H](NC(=O)[C@@H](Cc3ccccc3)N1)C(=O)NC1(CC1)C(=O)NCC(=O)O2. The van der Waals surface area contributed by atoms with Crippen molar-refractivity contribution in [1.82, 2.24) is 21.3 Å². The van der Waals surface area contributed by atoms with Crippen molar-refractivity contribution in [3.63, 3.8) is 0 Å². The third-order valence-corrected chi connectivity index (χ3v) is 8.66. The Balaban J connectivity index is 1.65. The number of hydrogen-bond donors (Lipinski definition) is 4. The summed E-state index contributed by atoms with van der Waals surface area (Å²) in [5.41, 5.74) is -0.280. The predicted molar refractivity (Wildman–Crippen MR) is 140 cm³/mol. The number of hydrogen-bond acceptors (Lipinski definition) is 8. The number of carbonyl (C=O) groups is 5. The smallest absolute Gasteiger partial charge is 0.326 e. The summed E-state index contributed by atoms with van der Waals surface area (Å²) in [5.74, 6) is -1.66. The van der Waals surface area contributed by atoms with Crippen molar-refractivity contribution in [3.8, 4) is 0 Å². The lowest BCUT2D eigenvalue weighted by Gasteiger charge is -2.26. The molecule has 2 bridgehead atoms.